The van der Waals surface area contributed by atoms with E-state index in [1.165, 1.54) is 0 Å². The fraction of sp³-hybridized carbons (Fsp3) is 0.333. The fourth-order valence-corrected chi connectivity index (χ4v) is 3.59. The molecule has 1 aliphatic heterocycles. The second-order valence-corrected chi connectivity index (χ2v) is 7.07. The maximum Gasteiger partial charge on any atom is 0.277 e. The molecule has 3 N–H and O–H groups in total. The minimum absolute atomic E-state index is 0. The summed E-state index contributed by atoms with van der Waals surface area (Å²) in [5, 5.41) is 14.1. The van der Waals surface area contributed by atoms with Crippen LogP contribution in [0.4, 0.5) is 5.82 Å². The number of benzene rings is 1. The Morgan fingerprint density at radius 1 is 1.23 bits per heavy atom. The molecule has 9 heteroatoms. The van der Waals surface area contributed by atoms with Crippen molar-refractivity contribution in [3.8, 4) is 0 Å². The number of carbonyl (C=O) groups is 2. The maximum absolute atomic E-state index is 12.7. The molecular formula is C21H25ClN6O2. The van der Waals surface area contributed by atoms with Crippen molar-refractivity contribution in [2.75, 3.05) is 25.0 Å². The number of para-hydroxylation sites is 1. The Morgan fingerprint density at radius 2 is 2.07 bits per heavy atom. The summed E-state index contributed by atoms with van der Waals surface area (Å²) in [6.45, 7) is 4.25. The van der Waals surface area contributed by atoms with Crippen LogP contribution in [-0.2, 0) is 0 Å². The molecule has 0 radical (unpaired) electrons. The van der Waals surface area contributed by atoms with E-state index in [0.29, 0.717) is 29.1 Å². The lowest BCUT2D eigenvalue weighted by Gasteiger charge is -2.22. The predicted octanol–water partition coefficient (Wildman–Crippen LogP) is 2.78. The zero-order chi connectivity index (χ0) is 20.2. The number of halogens is 1. The summed E-state index contributed by atoms with van der Waals surface area (Å²) in [7, 11) is 0. The van der Waals surface area contributed by atoms with Crippen LogP contribution in [0.1, 0.15) is 46.7 Å². The van der Waals surface area contributed by atoms with E-state index in [2.05, 4.69) is 26.0 Å². The number of piperidine rings is 1. The summed E-state index contributed by atoms with van der Waals surface area (Å²) in [4.78, 5) is 29.7. The molecule has 3 heterocycles. The van der Waals surface area contributed by atoms with Gasteiger partial charge in [-0.2, -0.15) is 5.10 Å². The van der Waals surface area contributed by atoms with Crippen LogP contribution >= 0.6 is 12.4 Å². The Labute approximate surface area is 180 Å². The minimum atomic E-state index is -0.350. The number of anilines is 1. The van der Waals surface area contributed by atoms with Gasteiger partial charge in [-0.3, -0.25) is 14.3 Å². The SMILES string of the molecule is CCNC(=O)c1cc(NC(=O)c2ccn(C3CCCNC3)n2)nc2ccccc12.Cl. The number of carbonyl (C=O) groups excluding carboxylic acids is 2. The van der Waals surface area contributed by atoms with Crippen molar-refractivity contribution >= 4 is 40.9 Å². The van der Waals surface area contributed by atoms with E-state index in [9.17, 15) is 9.59 Å². The van der Waals surface area contributed by atoms with Gasteiger partial charge in [0.05, 0.1) is 17.1 Å². The Balaban J connectivity index is 0.00000256. The molecule has 2 aromatic heterocycles. The first kappa shape index (κ1) is 21.7. The maximum atomic E-state index is 12.7. The third-order valence-electron chi connectivity index (χ3n) is 5.03. The molecule has 3 aromatic rings. The number of hydrogen-bond donors (Lipinski definition) is 3. The van der Waals surface area contributed by atoms with Crippen molar-refractivity contribution in [2.24, 2.45) is 0 Å². The van der Waals surface area contributed by atoms with Crippen molar-refractivity contribution < 1.29 is 9.59 Å². The van der Waals surface area contributed by atoms with Gasteiger partial charge in [-0.1, -0.05) is 18.2 Å². The lowest BCUT2D eigenvalue weighted by Crippen LogP contribution is -2.32. The van der Waals surface area contributed by atoms with Crippen LogP contribution < -0.4 is 16.0 Å². The van der Waals surface area contributed by atoms with Gasteiger partial charge in [0.1, 0.15) is 5.82 Å². The molecule has 1 saturated heterocycles. The lowest BCUT2D eigenvalue weighted by molar-refractivity contribution is 0.0955. The molecule has 0 aliphatic carbocycles. The van der Waals surface area contributed by atoms with Gasteiger partial charge in [-0.15, -0.1) is 12.4 Å². The highest BCUT2D eigenvalue weighted by molar-refractivity contribution is 6.08. The molecule has 158 valence electrons. The fourth-order valence-electron chi connectivity index (χ4n) is 3.59. The molecule has 1 fully saturated rings. The number of rotatable bonds is 5. The molecule has 1 aromatic carbocycles. The largest absolute Gasteiger partial charge is 0.352 e. The molecule has 0 spiro atoms. The highest BCUT2D eigenvalue weighted by atomic mass is 35.5. The second kappa shape index (κ2) is 9.69. The number of fused-ring (bicyclic) bond motifs is 1. The van der Waals surface area contributed by atoms with Crippen LogP contribution in [-0.4, -0.2) is 46.2 Å². The highest BCUT2D eigenvalue weighted by Crippen LogP contribution is 2.21. The third-order valence-corrected chi connectivity index (χ3v) is 5.03. The Bertz CT molecular complexity index is 1040. The molecule has 1 unspecified atom stereocenters. The van der Waals surface area contributed by atoms with Crippen LogP contribution in [0.2, 0.25) is 0 Å². The Hall–Kier alpha value is -2.97. The Kier molecular flexibility index (Phi) is 7.02. The molecule has 4 rings (SSSR count). The number of amides is 2. The second-order valence-electron chi connectivity index (χ2n) is 7.07. The van der Waals surface area contributed by atoms with Crippen LogP contribution in [0.3, 0.4) is 0 Å². The van der Waals surface area contributed by atoms with Gasteiger partial charge in [-0.25, -0.2) is 4.98 Å². The van der Waals surface area contributed by atoms with E-state index in [4.69, 9.17) is 0 Å². The zero-order valence-electron chi connectivity index (χ0n) is 16.7. The van der Waals surface area contributed by atoms with E-state index in [1.54, 1.807) is 12.1 Å². The molecule has 2 amide bonds. The summed E-state index contributed by atoms with van der Waals surface area (Å²) in [6, 6.07) is 10.9. The third kappa shape index (κ3) is 4.60. The van der Waals surface area contributed by atoms with Crippen molar-refractivity contribution in [1.29, 1.82) is 0 Å². The first-order valence-electron chi connectivity index (χ1n) is 9.91. The van der Waals surface area contributed by atoms with Crippen molar-refractivity contribution in [3.63, 3.8) is 0 Å². The summed E-state index contributed by atoms with van der Waals surface area (Å²) in [6.07, 6.45) is 3.97. The molecule has 1 atom stereocenters. The van der Waals surface area contributed by atoms with Gasteiger partial charge in [-0.05, 0) is 44.5 Å². The Morgan fingerprint density at radius 3 is 2.83 bits per heavy atom. The van der Waals surface area contributed by atoms with E-state index >= 15 is 0 Å². The first-order valence-corrected chi connectivity index (χ1v) is 9.91. The van der Waals surface area contributed by atoms with E-state index in [1.807, 2.05) is 42.1 Å². The zero-order valence-corrected chi connectivity index (χ0v) is 17.5. The summed E-state index contributed by atoms with van der Waals surface area (Å²) >= 11 is 0. The quantitative estimate of drug-likeness (QED) is 0.580. The number of pyridine rings is 1. The molecule has 30 heavy (non-hydrogen) atoms. The standard InChI is InChI=1S/C21H24N6O2.ClH/c1-2-23-20(28)16-12-19(24-17-8-4-3-7-15(16)17)25-21(29)18-9-11-27(26-18)14-6-5-10-22-13-14;/h3-4,7-9,11-12,14,22H,2,5-6,10,13H2,1H3,(H,23,28)(H,24,25,29);1H. The predicted molar refractivity (Wildman–Crippen MR) is 118 cm³/mol. The van der Waals surface area contributed by atoms with Gasteiger partial charge < -0.3 is 16.0 Å². The number of nitrogens with one attached hydrogen (secondary N) is 3. The molecule has 1 aliphatic rings. The van der Waals surface area contributed by atoms with E-state index < -0.39 is 0 Å². The highest BCUT2D eigenvalue weighted by Gasteiger charge is 2.19. The summed E-state index contributed by atoms with van der Waals surface area (Å²) in [5.74, 6) is -0.225. The minimum Gasteiger partial charge on any atom is -0.352 e. The number of hydrogen-bond acceptors (Lipinski definition) is 5. The average molecular weight is 429 g/mol. The topological polar surface area (TPSA) is 101 Å². The van der Waals surface area contributed by atoms with Crippen LogP contribution in [0.25, 0.3) is 10.9 Å². The average Bonchev–Trinajstić information content (AvgIpc) is 3.24. The molecule has 0 bridgehead atoms. The first-order chi connectivity index (χ1) is 14.2. The van der Waals surface area contributed by atoms with Gasteiger partial charge >= 0.3 is 0 Å². The van der Waals surface area contributed by atoms with Crippen LogP contribution in [0, 0.1) is 0 Å². The monoisotopic (exact) mass is 428 g/mol. The van der Waals surface area contributed by atoms with Gasteiger partial charge in [0.25, 0.3) is 11.8 Å². The molecule has 8 nitrogen and oxygen atoms in total. The van der Waals surface area contributed by atoms with Crippen LogP contribution in [0.5, 0.6) is 0 Å². The smallest absolute Gasteiger partial charge is 0.277 e. The summed E-state index contributed by atoms with van der Waals surface area (Å²) < 4.78 is 1.84. The van der Waals surface area contributed by atoms with Crippen molar-refractivity contribution in [3.05, 3.63) is 53.9 Å². The number of nitrogens with zero attached hydrogens (tertiary/aromatic N) is 3. The molecule has 0 saturated carbocycles. The van der Waals surface area contributed by atoms with Gasteiger partial charge in [0.15, 0.2) is 5.69 Å². The lowest BCUT2D eigenvalue weighted by atomic mass is 10.1. The van der Waals surface area contributed by atoms with Gasteiger partial charge in [0, 0.05) is 24.7 Å². The number of aromatic nitrogens is 3. The molecular weight excluding hydrogens is 404 g/mol. The summed E-state index contributed by atoms with van der Waals surface area (Å²) in [5.41, 5.74) is 1.45. The van der Waals surface area contributed by atoms with Crippen molar-refractivity contribution in [2.45, 2.75) is 25.8 Å². The normalized spacial score (nSPS) is 16.0. The van der Waals surface area contributed by atoms with Crippen LogP contribution in [0.15, 0.2) is 42.6 Å². The van der Waals surface area contributed by atoms with Crippen molar-refractivity contribution in [1.82, 2.24) is 25.4 Å². The van der Waals surface area contributed by atoms with E-state index in [0.717, 1.165) is 31.3 Å². The van der Waals surface area contributed by atoms with Gasteiger partial charge in [0.2, 0.25) is 0 Å². The van der Waals surface area contributed by atoms with E-state index in [-0.39, 0.29) is 30.3 Å².